The second-order valence-electron chi connectivity index (χ2n) is 5.62. The summed E-state index contributed by atoms with van der Waals surface area (Å²) < 4.78 is 11.2. The molecular weight excluding hydrogens is 240 g/mol. The van der Waals surface area contributed by atoms with Gasteiger partial charge < -0.3 is 9.47 Å². The van der Waals surface area contributed by atoms with Gasteiger partial charge >= 0.3 is 0 Å². The Labute approximate surface area is 114 Å². The summed E-state index contributed by atoms with van der Waals surface area (Å²) in [4.78, 5) is 0. The van der Waals surface area contributed by atoms with Gasteiger partial charge in [-0.15, -0.1) is 0 Å². The van der Waals surface area contributed by atoms with E-state index in [1.807, 2.05) is 6.07 Å². The topological polar surface area (TPSA) is 56.5 Å². The van der Waals surface area contributed by atoms with Crippen molar-refractivity contribution < 1.29 is 9.47 Å². The summed E-state index contributed by atoms with van der Waals surface area (Å²) in [5.74, 6) is 8.80. The van der Waals surface area contributed by atoms with Gasteiger partial charge in [0.25, 0.3) is 0 Å². The van der Waals surface area contributed by atoms with Crippen molar-refractivity contribution in [2.75, 3.05) is 13.2 Å². The first-order chi connectivity index (χ1) is 9.29. The maximum atomic E-state index is 5.80. The molecule has 3 atom stereocenters. The largest absolute Gasteiger partial charge is 0.486 e. The van der Waals surface area contributed by atoms with Crippen molar-refractivity contribution in [3.8, 4) is 11.5 Å². The molecular formula is C15H22N2O2. The van der Waals surface area contributed by atoms with Gasteiger partial charge in [0.2, 0.25) is 0 Å². The van der Waals surface area contributed by atoms with Crippen LogP contribution in [0.1, 0.15) is 37.8 Å². The first-order valence-corrected chi connectivity index (χ1v) is 7.15. The highest BCUT2D eigenvalue weighted by atomic mass is 16.6. The number of fused-ring (bicyclic) bond motifs is 1. The van der Waals surface area contributed by atoms with E-state index >= 15 is 0 Å². The number of nitrogens with one attached hydrogen (secondary N) is 1. The van der Waals surface area contributed by atoms with Gasteiger partial charge in [0.05, 0.1) is 0 Å². The number of rotatable bonds is 3. The SMILES string of the molecule is CC1CCCC1C(NN)c1ccc2c(c1)OCCO2. The smallest absolute Gasteiger partial charge is 0.161 e. The summed E-state index contributed by atoms with van der Waals surface area (Å²) in [5, 5.41) is 0. The molecule has 19 heavy (non-hydrogen) atoms. The van der Waals surface area contributed by atoms with E-state index in [0.717, 1.165) is 11.5 Å². The Morgan fingerprint density at radius 3 is 2.68 bits per heavy atom. The monoisotopic (exact) mass is 262 g/mol. The van der Waals surface area contributed by atoms with Crippen molar-refractivity contribution in [3.05, 3.63) is 23.8 Å². The molecule has 1 saturated carbocycles. The molecule has 0 spiro atoms. The van der Waals surface area contributed by atoms with Crippen molar-refractivity contribution in [1.82, 2.24) is 5.43 Å². The van der Waals surface area contributed by atoms with E-state index in [2.05, 4.69) is 24.5 Å². The zero-order chi connectivity index (χ0) is 13.2. The first-order valence-electron chi connectivity index (χ1n) is 7.15. The van der Waals surface area contributed by atoms with Crippen molar-refractivity contribution in [1.29, 1.82) is 0 Å². The summed E-state index contributed by atoms with van der Waals surface area (Å²) in [5.41, 5.74) is 4.20. The molecule has 0 amide bonds. The fourth-order valence-electron chi connectivity index (χ4n) is 3.39. The summed E-state index contributed by atoms with van der Waals surface area (Å²) in [6, 6.07) is 6.37. The predicted molar refractivity (Wildman–Crippen MR) is 74.0 cm³/mol. The minimum absolute atomic E-state index is 0.202. The lowest BCUT2D eigenvalue weighted by atomic mass is 9.86. The Balaban J connectivity index is 1.86. The van der Waals surface area contributed by atoms with Crippen LogP contribution < -0.4 is 20.7 Å². The molecule has 3 N–H and O–H groups in total. The molecule has 4 nitrogen and oxygen atoms in total. The Hall–Kier alpha value is -1.26. The van der Waals surface area contributed by atoms with Crippen molar-refractivity contribution in [2.45, 2.75) is 32.2 Å². The summed E-state index contributed by atoms with van der Waals surface area (Å²) >= 11 is 0. The van der Waals surface area contributed by atoms with Gasteiger partial charge in [-0.1, -0.05) is 25.8 Å². The summed E-state index contributed by atoms with van der Waals surface area (Å²) in [7, 11) is 0. The van der Waals surface area contributed by atoms with Crippen LogP contribution in [-0.2, 0) is 0 Å². The molecule has 1 aliphatic heterocycles. The summed E-state index contributed by atoms with van der Waals surface area (Å²) in [6.07, 6.45) is 3.84. The molecule has 3 unspecified atom stereocenters. The normalized spacial score (nSPS) is 27.3. The van der Waals surface area contributed by atoms with Crippen LogP contribution in [0.4, 0.5) is 0 Å². The van der Waals surface area contributed by atoms with Crippen LogP contribution in [0.15, 0.2) is 18.2 Å². The van der Waals surface area contributed by atoms with Crippen LogP contribution in [0.25, 0.3) is 0 Å². The van der Waals surface area contributed by atoms with Gasteiger partial charge in [0, 0.05) is 6.04 Å². The van der Waals surface area contributed by atoms with Gasteiger partial charge in [0.15, 0.2) is 11.5 Å². The van der Waals surface area contributed by atoms with E-state index in [1.165, 1.54) is 24.8 Å². The first kappa shape index (κ1) is 12.8. The second kappa shape index (κ2) is 5.39. The van der Waals surface area contributed by atoms with Crippen molar-refractivity contribution in [2.24, 2.45) is 17.7 Å². The fraction of sp³-hybridized carbons (Fsp3) is 0.600. The number of ether oxygens (including phenoxy) is 2. The average Bonchev–Trinajstić information content (AvgIpc) is 2.86. The molecule has 1 fully saturated rings. The lowest BCUT2D eigenvalue weighted by molar-refractivity contribution is 0.171. The second-order valence-corrected chi connectivity index (χ2v) is 5.62. The fourth-order valence-corrected chi connectivity index (χ4v) is 3.39. The number of benzene rings is 1. The standard InChI is InChI=1S/C15H22N2O2/c1-10-3-2-4-12(10)15(17-16)11-5-6-13-14(9-11)19-8-7-18-13/h5-6,9-10,12,15,17H,2-4,7-8,16H2,1H3. The number of hydrazine groups is 1. The van der Waals surface area contributed by atoms with E-state index in [0.29, 0.717) is 25.0 Å². The van der Waals surface area contributed by atoms with Gasteiger partial charge in [-0.2, -0.15) is 0 Å². The number of hydrogen-bond acceptors (Lipinski definition) is 4. The predicted octanol–water partition coefficient (Wildman–Crippen LogP) is 2.40. The zero-order valence-corrected chi connectivity index (χ0v) is 11.4. The zero-order valence-electron chi connectivity index (χ0n) is 11.4. The van der Waals surface area contributed by atoms with Crippen LogP contribution in [0.5, 0.6) is 11.5 Å². The van der Waals surface area contributed by atoms with Gasteiger partial charge in [0.1, 0.15) is 13.2 Å². The quantitative estimate of drug-likeness (QED) is 0.649. The molecule has 2 aliphatic rings. The van der Waals surface area contributed by atoms with E-state index in [1.54, 1.807) is 0 Å². The third kappa shape index (κ3) is 2.42. The molecule has 1 aliphatic carbocycles. The van der Waals surface area contributed by atoms with Crippen LogP contribution >= 0.6 is 0 Å². The highest BCUT2D eigenvalue weighted by molar-refractivity contribution is 5.44. The highest BCUT2D eigenvalue weighted by Crippen LogP contribution is 2.41. The lowest BCUT2D eigenvalue weighted by Crippen LogP contribution is -2.34. The van der Waals surface area contributed by atoms with Gasteiger partial charge in [-0.05, 0) is 36.0 Å². The average molecular weight is 262 g/mol. The molecule has 4 heteroatoms. The summed E-state index contributed by atoms with van der Waals surface area (Å²) in [6.45, 7) is 3.57. The van der Waals surface area contributed by atoms with Gasteiger partial charge in [-0.25, -0.2) is 0 Å². The molecule has 0 bridgehead atoms. The molecule has 1 aromatic rings. The molecule has 0 saturated heterocycles. The van der Waals surface area contributed by atoms with E-state index in [4.69, 9.17) is 15.3 Å². The van der Waals surface area contributed by atoms with Crippen molar-refractivity contribution in [3.63, 3.8) is 0 Å². The molecule has 1 heterocycles. The van der Waals surface area contributed by atoms with E-state index in [9.17, 15) is 0 Å². The molecule has 3 rings (SSSR count). The highest BCUT2D eigenvalue weighted by Gasteiger charge is 2.31. The molecule has 104 valence electrons. The van der Waals surface area contributed by atoms with Crippen LogP contribution in [0, 0.1) is 11.8 Å². The van der Waals surface area contributed by atoms with Crippen LogP contribution in [-0.4, -0.2) is 13.2 Å². The minimum Gasteiger partial charge on any atom is -0.486 e. The Morgan fingerprint density at radius 1 is 1.21 bits per heavy atom. The molecule has 0 radical (unpaired) electrons. The van der Waals surface area contributed by atoms with Crippen LogP contribution in [0.3, 0.4) is 0 Å². The molecule has 0 aromatic heterocycles. The van der Waals surface area contributed by atoms with E-state index < -0.39 is 0 Å². The third-order valence-electron chi connectivity index (χ3n) is 4.46. The van der Waals surface area contributed by atoms with Gasteiger partial charge in [-0.3, -0.25) is 11.3 Å². The van der Waals surface area contributed by atoms with Crippen molar-refractivity contribution >= 4 is 0 Å². The lowest BCUT2D eigenvalue weighted by Gasteiger charge is -2.28. The third-order valence-corrected chi connectivity index (χ3v) is 4.46. The number of nitrogens with two attached hydrogens (primary N) is 1. The number of hydrogen-bond donors (Lipinski definition) is 2. The minimum atomic E-state index is 0.202. The Kier molecular flexibility index (Phi) is 3.62. The molecule has 1 aromatic carbocycles. The van der Waals surface area contributed by atoms with Crippen LogP contribution in [0.2, 0.25) is 0 Å². The Morgan fingerprint density at radius 2 is 2.00 bits per heavy atom. The maximum Gasteiger partial charge on any atom is 0.161 e. The maximum absolute atomic E-state index is 5.80. The van der Waals surface area contributed by atoms with E-state index in [-0.39, 0.29) is 6.04 Å². The Bertz CT molecular complexity index is 450.